The number of halogens is 1. The molecule has 0 atom stereocenters. The van der Waals surface area contributed by atoms with Crippen LogP contribution in [0.15, 0.2) is 39.2 Å². The van der Waals surface area contributed by atoms with Gasteiger partial charge in [-0.05, 0) is 27.4 Å². The number of fused-ring (bicyclic) bond motifs is 2. The minimum Gasteiger partial charge on any atom is -0.486 e. The smallest absolute Gasteiger partial charge is 0.308 e. The molecule has 0 spiro atoms. The summed E-state index contributed by atoms with van der Waals surface area (Å²) < 4.78 is 17.9. The number of hydrogen-bond donors (Lipinski definition) is 1. The van der Waals surface area contributed by atoms with Gasteiger partial charge >= 0.3 is 5.97 Å². The van der Waals surface area contributed by atoms with Gasteiger partial charge < -0.3 is 19.5 Å². The van der Waals surface area contributed by atoms with Crippen LogP contribution in [-0.4, -0.2) is 41.2 Å². The van der Waals surface area contributed by atoms with Crippen LogP contribution in [0.4, 0.5) is 5.69 Å². The van der Waals surface area contributed by atoms with Crippen molar-refractivity contribution >= 4 is 55.0 Å². The first-order valence-corrected chi connectivity index (χ1v) is 10.7. The van der Waals surface area contributed by atoms with Gasteiger partial charge in [0.15, 0.2) is 18.1 Å². The Labute approximate surface area is 182 Å². The van der Waals surface area contributed by atoms with Crippen molar-refractivity contribution < 1.29 is 23.8 Å². The Morgan fingerprint density at radius 3 is 2.83 bits per heavy atom. The molecule has 1 amide bonds. The molecule has 4 rings (SSSR count). The molecule has 0 radical (unpaired) electrons. The molecule has 0 bridgehead atoms. The number of nitrogens with zero attached hydrogens (tertiary/aromatic N) is 2. The quantitative estimate of drug-likeness (QED) is 0.525. The van der Waals surface area contributed by atoms with Crippen molar-refractivity contribution in [1.29, 1.82) is 0 Å². The Bertz CT molecular complexity index is 1170. The molecule has 156 valence electrons. The van der Waals surface area contributed by atoms with Crippen LogP contribution in [-0.2, 0) is 20.9 Å². The SMILES string of the molecule is O=C(COC(=O)CCn1cnc2sccc2c1=O)Nc1cc2c(cc1Br)OCCO2. The summed E-state index contributed by atoms with van der Waals surface area (Å²) >= 11 is 4.74. The number of carbonyl (C=O) groups is 2. The highest BCUT2D eigenvalue weighted by atomic mass is 79.9. The van der Waals surface area contributed by atoms with Crippen LogP contribution in [0.3, 0.4) is 0 Å². The highest BCUT2D eigenvalue weighted by molar-refractivity contribution is 9.10. The summed E-state index contributed by atoms with van der Waals surface area (Å²) in [6.45, 7) is 0.560. The summed E-state index contributed by atoms with van der Waals surface area (Å²) in [5.41, 5.74) is 0.261. The highest BCUT2D eigenvalue weighted by Crippen LogP contribution is 2.38. The van der Waals surface area contributed by atoms with Gasteiger partial charge in [-0.15, -0.1) is 11.3 Å². The number of anilines is 1. The fourth-order valence-corrected chi connectivity index (χ4v) is 3.97. The number of nitrogens with one attached hydrogen (secondary N) is 1. The molecule has 1 aromatic carbocycles. The zero-order chi connectivity index (χ0) is 21.1. The lowest BCUT2D eigenvalue weighted by atomic mass is 10.2. The zero-order valence-corrected chi connectivity index (χ0v) is 18.0. The first kappa shape index (κ1) is 20.4. The molecule has 9 nitrogen and oxygen atoms in total. The minimum absolute atomic E-state index is 0.0573. The lowest BCUT2D eigenvalue weighted by Gasteiger charge is -2.20. The molecule has 0 saturated heterocycles. The first-order chi connectivity index (χ1) is 14.5. The highest BCUT2D eigenvalue weighted by Gasteiger charge is 2.17. The average molecular weight is 494 g/mol. The van der Waals surface area contributed by atoms with Crippen molar-refractivity contribution in [1.82, 2.24) is 9.55 Å². The summed E-state index contributed by atoms with van der Waals surface area (Å²) in [7, 11) is 0. The molecule has 3 heterocycles. The lowest BCUT2D eigenvalue weighted by Crippen LogP contribution is -2.24. The van der Waals surface area contributed by atoms with Crippen molar-refractivity contribution in [2.75, 3.05) is 25.1 Å². The molecule has 0 aliphatic carbocycles. The van der Waals surface area contributed by atoms with E-state index in [1.165, 1.54) is 22.2 Å². The first-order valence-electron chi connectivity index (χ1n) is 8.98. The van der Waals surface area contributed by atoms with Gasteiger partial charge in [0.25, 0.3) is 11.5 Å². The Balaban J connectivity index is 1.29. The number of aromatic nitrogens is 2. The van der Waals surface area contributed by atoms with Crippen LogP contribution in [0.2, 0.25) is 0 Å². The van der Waals surface area contributed by atoms with E-state index < -0.39 is 18.5 Å². The van der Waals surface area contributed by atoms with E-state index in [2.05, 4.69) is 26.2 Å². The molecule has 0 saturated carbocycles. The fourth-order valence-electron chi connectivity index (χ4n) is 2.83. The van der Waals surface area contributed by atoms with Gasteiger partial charge in [-0.1, -0.05) is 0 Å². The number of benzene rings is 1. The van der Waals surface area contributed by atoms with Gasteiger partial charge in [0.2, 0.25) is 0 Å². The maximum Gasteiger partial charge on any atom is 0.308 e. The molecular weight excluding hydrogens is 478 g/mol. The molecule has 3 aromatic rings. The third-order valence-electron chi connectivity index (χ3n) is 4.28. The number of hydrogen-bond acceptors (Lipinski definition) is 8. The van der Waals surface area contributed by atoms with Gasteiger partial charge in [0, 0.05) is 23.2 Å². The van der Waals surface area contributed by atoms with Crippen molar-refractivity contribution in [3.8, 4) is 11.5 Å². The maximum absolute atomic E-state index is 12.3. The van der Waals surface area contributed by atoms with E-state index in [1.807, 2.05) is 0 Å². The van der Waals surface area contributed by atoms with Crippen molar-refractivity contribution in [3.05, 3.63) is 44.7 Å². The topological polar surface area (TPSA) is 109 Å². The molecule has 1 aliphatic rings. The molecule has 2 aromatic heterocycles. The normalized spacial score (nSPS) is 12.6. The second-order valence-corrected chi connectivity index (χ2v) is 8.07. The van der Waals surface area contributed by atoms with E-state index in [4.69, 9.17) is 14.2 Å². The number of aryl methyl sites for hydroxylation is 1. The molecule has 30 heavy (non-hydrogen) atoms. The Hall–Kier alpha value is -2.92. The van der Waals surface area contributed by atoms with Crippen LogP contribution < -0.4 is 20.3 Å². The molecule has 0 fully saturated rings. The Kier molecular flexibility index (Phi) is 6.00. The van der Waals surface area contributed by atoms with Crippen molar-refractivity contribution in [2.45, 2.75) is 13.0 Å². The summed E-state index contributed by atoms with van der Waals surface area (Å²) in [6.07, 6.45) is 1.35. The predicted molar refractivity (Wildman–Crippen MR) is 113 cm³/mol. The minimum atomic E-state index is -0.594. The number of esters is 1. The zero-order valence-electron chi connectivity index (χ0n) is 15.6. The lowest BCUT2D eigenvalue weighted by molar-refractivity contribution is -0.147. The summed E-state index contributed by atoms with van der Waals surface area (Å²) in [4.78, 5) is 41.2. The van der Waals surface area contributed by atoms with Gasteiger partial charge in [-0.25, -0.2) is 4.98 Å². The molecule has 11 heteroatoms. The second-order valence-electron chi connectivity index (χ2n) is 6.32. The van der Waals surface area contributed by atoms with Crippen LogP contribution in [0.5, 0.6) is 11.5 Å². The molecule has 1 N–H and O–H groups in total. The predicted octanol–water partition coefficient (Wildman–Crippen LogP) is 2.56. The number of rotatable bonds is 6. The van der Waals surface area contributed by atoms with Crippen LogP contribution >= 0.6 is 27.3 Å². The second kappa shape index (κ2) is 8.84. The van der Waals surface area contributed by atoms with Crippen LogP contribution in [0.25, 0.3) is 10.2 Å². The van der Waals surface area contributed by atoms with Crippen LogP contribution in [0, 0.1) is 0 Å². The average Bonchev–Trinajstić information content (AvgIpc) is 3.22. The van der Waals surface area contributed by atoms with Gasteiger partial charge in [0.1, 0.15) is 18.0 Å². The Morgan fingerprint density at radius 1 is 1.27 bits per heavy atom. The number of thiophene rings is 1. The fraction of sp³-hybridized carbons (Fsp3) is 0.263. The van der Waals surface area contributed by atoms with E-state index in [-0.39, 0.29) is 18.5 Å². The molecular formula is C19H16BrN3O6S. The van der Waals surface area contributed by atoms with E-state index >= 15 is 0 Å². The van der Waals surface area contributed by atoms with Gasteiger partial charge in [-0.3, -0.25) is 19.0 Å². The van der Waals surface area contributed by atoms with Gasteiger partial charge in [0.05, 0.1) is 23.8 Å². The third kappa shape index (κ3) is 4.46. The number of amides is 1. The van der Waals surface area contributed by atoms with Gasteiger partial charge in [-0.2, -0.15) is 0 Å². The van der Waals surface area contributed by atoms with Crippen molar-refractivity contribution in [2.24, 2.45) is 0 Å². The largest absolute Gasteiger partial charge is 0.486 e. The van der Waals surface area contributed by atoms with E-state index in [0.717, 1.165) is 0 Å². The third-order valence-corrected chi connectivity index (χ3v) is 5.75. The molecule has 0 unspecified atom stereocenters. The standard InChI is InChI=1S/C19H16BrN3O6S/c20-12-7-14-15(28-5-4-27-14)8-13(12)22-16(24)9-29-17(25)1-3-23-10-21-18-11(19(23)26)2-6-30-18/h2,6-8,10H,1,3-5,9H2,(H,22,24). The maximum atomic E-state index is 12.3. The van der Waals surface area contributed by atoms with E-state index in [0.29, 0.717) is 45.1 Å². The number of ether oxygens (including phenoxy) is 3. The Morgan fingerprint density at radius 2 is 2.03 bits per heavy atom. The van der Waals surface area contributed by atoms with E-state index in [1.54, 1.807) is 23.6 Å². The van der Waals surface area contributed by atoms with E-state index in [9.17, 15) is 14.4 Å². The summed E-state index contributed by atoms with van der Waals surface area (Å²) in [5, 5.41) is 4.96. The molecule has 1 aliphatic heterocycles. The number of carbonyl (C=O) groups excluding carboxylic acids is 2. The summed E-state index contributed by atoms with van der Waals surface area (Å²) in [5.74, 6) is 0.0178. The van der Waals surface area contributed by atoms with Crippen molar-refractivity contribution in [3.63, 3.8) is 0 Å². The van der Waals surface area contributed by atoms with Crippen LogP contribution in [0.1, 0.15) is 6.42 Å². The summed E-state index contributed by atoms with van der Waals surface area (Å²) in [6, 6.07) is 5.04. The monoisotopic (exact) mass is 493 g/mol.